The molecule has 2 aliphatic rings. The van der Waals surface area contributed by atoms with Crippen molar-refractivity contribution in [2.75, 3.05) is 19.0 Å². The van der Waals surface area contributed by atoms with Crippen molar-refractivity contribution in [3.8, 4) is 5.82 Å². The number of amides is 1. The molecule has 1 amide bonds. The number of anilines is 1. The van der Waals surface area contributed by atoms with Crippen LogP contribution in [0.5, 0.6) is 0 Å². The molecule has 1 atom stereocenters. The minimum atomic E-state index is -0.957. The summed E-state index contributed by atoms with van der Waals surface area (Å²) in [5, 5.41) is 11.3. The van der Waals surface area contributed by atoms with E-state index in [9.17, 15) is 9.18 Å². The second kappa shape index (κ2) is 11.3. The first-order valence-corrected chi connectivity index (χ1v) is 14.4. The van der Waals surface area contributed by atoms with Crippen LogP contribution in [-0.2, 0) is 14.3 Å². The van der Waals surface area contributed by atoms with Gasteiger partial charge in [-0.1, -0.05) is 12.1 Å². The SMILES string of the molecule is COC1(C(=O)N[C@@H](C)c2ccc(-n3cc(F)cn3)nc2)CCC(c2nc(NC3=NC(C)(C)CO3)cc3cccnc23)CC1. The topological polar surface area (TPSA) is 128 Å². The molecule has 224 valence electrons. The van der Waals surface area contributed by atoms with Crippen molar-refractivity contribution in [1.82, 2.24) is 30.0 Å². The van der Waals surface area contributed by atoms with Gasteiger partial charge in [0.05, 0.1) is 35.2 Å². The Balaban J connectivity index is 1.15. The first-order chi connectivity index (χ1) is 20.6. The van der Waals surface area contributed by atoms with Crippen LogP contribution in [0.1, 0.15) is 69.7 Å². The quantitative estimate of drug-likeness (QED) is 0.315. The third kappa shape index (κ3) is 5.92. The molecule has 43 heavy (non-hydrogen) atoms. The lowest BCUT2D eigenvalue weighted by Gasteiger charge is -2.38. The third-order valence-electron chi connectivity index (χ3n) is 8.20. The first-order valence-electron chi connectivity index (χ1n) is 14.4. The Kier molecular flexibility index (Phi) is 7.55. The van der Waals surface area contributed by atoms with Gasteiger partial charge in [0, 0.05) is 30.8 Å². The number of amidine groups is 1. The van der Waals surface area contributed by atoms with Gasteiger partial charge in [0.1, 0.15) is 18.0 Å². The van der Waals surface area contributed by atoms with E-state index in [0.29, 0.717) is 49.9 Å². The van der Waals surface area contributed by atoms with E-state index in [-0.39, 0.29) is 23.4 Å². The van der Waals surface area contributed by atoms with Crippen LogP contribution < -0.4 is 10.6 Å². The Hall–Kier alpha value is -4.45. The van der Waals surface area contributed by atoms with Gasteiger partial charge in [-0.05, 0) is 70.2 Å². The second-order valence-corrected chi connectivity index (χ2v) is 11.8. The van der Waals surface area contributed by atoms with Gasteiger partial charge in [-0.2, -0.15) is 5.10 Å². The van der Waals surface area contributed by atoms with Crippen LogP contribution in [0.4, 0.5) is 10.2 Å². The van der Waals surface area contributed by atoms with Crippen LogP contribution in [0.25, 0.3) is 16.7 Å². The molecule has 6 rings (SSSR count). The minimum Gasteiger partial charge on any atom is -0.462 e. The van der Waals surface area contributed by atoms with Crippen molar-refractivity contribution in [3.63, 3.8) is 0 Å². The molecule has 0 radical (unpaired) electrons. The molecule has 11 nitrogen and oxygen atoms in total. The summed E-state index contributed by atoms with van der Waals surface area (Å²) in [5.41, 5.74) is 1.32. The average Bonchev–Trinajstić information content (AvgIpc) is 3.60. The molecule has 4 aromatic heterocycles. The van der Waals surface area contributed by atoms with Crippen LogP contribution in [-0.4, -0.2) is 61.5 Å². The summed E-state index contributed by atoms with van der Waals surface area (Å²) >= 11 is 0. The Bertz CT molecular complexity index is 1660. The van der Waals surface area contributed by atoms with Crippen molar-refractivity contribution >= 4 is 28.6 Å². The maximum atomic E-state index is 13.6. The van der Waals surface area contributed by atoms with Crippen molar-refractivity contribution in [3.05, 3.63) is 72.2 Å². The summed E-state index contributed by atoms with van der Waals surface area (Å²) in [6.07, 6.45) is 8.30. The van der Waals surface area contributed by atoms with E-state index in [4.69, 9.17) is 14.5 Å². The number of aromatic nitrogens is 5. The maximum Gasteiger partial charge on any atom is 0.291 e. The van der Waals surface area contributed by atoms with Gasteiger partial charge in [0.2, 0.25) is 0 Å². The largest absolute Gasteiger partial charge is 0.462 e. The molecule has 1 aliphatic heterocycles. The van der Waals surface area contributed by atoms with E-state index in [2.05, 4.69) is 30.7 Å². The molecule has 5 heterocycles. The van der Waals surface area contributed by atoms with Gasteiger partial charge in [0.15, 0.2) is 11.6 Å². The molecule has 12 heteroatoms. The smallest absolute Gasteiger partial charge is 0.291 e. The highest BCUT2D eigenvalue weighted by Crippen LogP contribution is 2.41. The van der Waals surface area contributed by atoms with Crippen molar-refractivity contribution < 1.29 is 18.7 Å². The van der Waals surface area contributed by atoms with E-state index in [1.807, 2.05) is 45.0 Å². The lowest BCUT2D eigenvalue weighted by atomic mass is 9.76. The zero-order valence-corrected chi connectivity index (χ0v) is 24.7. The number of hydrogen-bond acceptors (Lipinski definition) is 9. The zero-order chi connectivity index (χ0) is 30.2. The summed E-state index contributed by atoms with van der Waals surface area (Å²) in [5.74, 6) is 0.636. The Morgan fingerprint density at radius 3 is 2.65 bits per heavy atom. The lowest BCUT2D eigenvalue weighted by Crippen LogP contribution is -2.50. The predicted octanol–water partition coefficient (Wildman–Crippen LogP) is 4.85. The number of carbonyl (C=O) groups is 1. The number of methoxy groups -OCH3 is 1. The van der Waals surface area contributed by atoms with E-state index in [0.717, 1.165) is 28.4 Å². The highest BCUT2D eigenvalue weighted by molar-refractivity contribution is 5.92. The standard InChI is InChI=1S/C31H35FN8O3/c1-19(22-7-8-25(34-15-22)40-17-23(32)16-35-40)36-28(41)31(42-4)11-9-20(10-12-31)27-26-21(6-5-13-33-26)14-24(37-27)38-29-39-30(2,3)18-43-29/h5-8,13-17,19-20H,9-12,18H2,1-4H3,(H,36,41)(H,37,38,39)/t19-,20?,31?/m0/s1. The summed E-state index contributed by atoms with van der Waals surface area (Å²) in [6, 6.07) is 9.61. The van der Waals surface area contributed by atoms with Gasteiger partial charge < -0.3 is 14.8 Å². The van der Waals surface area contributed by atoms with Crippen molar-refractivity contribution in [2.45, 2.75) is 69.6 Å². The summed E-state index contributed by atoms with van der Waals surface area (Å²) in [6.45, 7) is 6.44. The Labute approximate surface area is 249 Å². The lowest BCUT2D eigenvalue weighted by molar-refractivity contribution is -0.148. The highest BCUT2D eigenvalue weighted by atomic mass is 19.1. The fraction of sp³-hybridized carbons (Fsp3) is 0.419. The number of aliphatic imine (C=N–C) groups is 1. The number of halogens is 1. The molecular formula is C31H35FN8O3. The van der Waals surface area contributed by atoms with E-state index < -0.39 is 11.4 Å². The molecule has 1 aliphatic carbocycles. The van der Waals surface area contributed by atoms with E-state index in [1.54, 1.807) is 25.6 Å². The van der Waals surface area contributed by atoms with E-state index in [1.165, 1.54) is 10.9 Å². The Morgan fingerprint density at radius 2 is 2.00 bits per heavy atom. The summed E-state index contributed by atoms with van der Waals surface area (Å²) in [4.78, 5) is 32.2. The second-order valence-electron chi connectivity index (χ2n) is 11.8. The van der Waals surface area contributed by atoms with Gasteiger partial charge >= 0.3 is 0 Å². The molecule has 0 unspecified atom stereocenters. The zero-order valence-electron chi connectivity index (χ0n) is 24.7. The van der Waals surface area contributed by atoms with Crippen LogP contribution >= 0.6 is 0 Å². The molecule has 1 saturated carbocycles. The van der Waals surface area contributed by atoms with Crippen molar-refractivity contribution in [2.24, 2.45) is 4.99 Å². The number of nitrogens with zero attached hydrogens (tertiary/aromatic N) is 6. The molecule has 4 aromatic rings. The molecular weight excluding hydrogens is 551 g/mol. The van der Waals surface area contributed by atoms with Crippen LogP contribution in [0.3, 0.4) is 0 Å². The van der Waals surface area contributed by atoms with Crippen LogP contribution in [0, 0.1) is 5.82 Å². The molecule has 0 aromatic carbocycles. The number of ether oxygens (including phenoxy) is 2. The number of carbonyl (C=O) groups excluding carboxylic acids is 1. The van der Waals surface area contributed by atoms with Gasteiger partial charge in [-0.15, -0.1) is 0 Å². The van der Waals surface area contributed by atoms with Gasteiger partial charge in [-0.25, -0.2) is 24.0 Å². The minimum absolute atomic E-state index is 0.0967. The van der Waals surface area contributed by atoms with Gasteiger partial charge in [0.25, 0.3) is 11.9 Å². The number of pyridine rings is 3. The molecule has 0 bridgehead atoms. The average molecular weight is 587 g/mol. The normalized spacial score (nSPS) is 22.1. The maximum absolute atomic E-state index is 13.6. The fourth-order valence-corrected chi connectivity index (χ4v) is 5.73. The molecule has 0 saturated heterocycles. The molecule has 1 fully saturated rings. The molecule has 2 N–H and O–H groups in total. The highest BCUT2D eigenvalue weighted by Gasteiger charge is 2.43. The monoisotopic (exact) mass is 586 g/mol. The predicted molar refractivity (Wildman–Crippen MR) is 159 cm³/mol. The van der Waals surface area contributed by atoms with Gasteiger partial charge in [-0.3, -0.25) is 15.1 Å². The van der Waals surface area contributed by atoms with Crippen LogP contribution in [0.15, 0.2) is 60.1 Å². The molecule has 0 spiro atoms. The Morgan fingerprint density at radius 1 is 1.19 bits per heavy atom. The van der Waals surface area contributed by atoms with E-state index >= 15 is 0 Å². The fourth-order valence-electron chi connectivity index (χ4n) is 5.73. The summed E-state index contributed by atoms with van der Waals surface area (Å²) in [7, 11) is 1.59. The number of rotatable bonds is 7. The number of hydrogen-bond donors (Lipinski definition) is 2. The third-order valence-corrected chi connectivity index (χ3v) is 8.20. The number of fused-ring (bicyclic) bond motifs is 1. The summed E-state index contributed by atoms with van der Waals surface area (Å²) < 4.78 is 26.3. The van der Waals surface area contributed by atoms with Crippen LogP contribution in [0.2, 0.25) is 0 Å². The number of nitrogens with one attached hydrogen (secondary N) is 2. The van der Waals surface area contributed by atoms with Crippen molar-refractivity contribution in [1.29, 1.82) is 0 Å². The first kappa shape index (κ1) is 28.7.